The Morgan fingerprint density at radius 2 is 1.92 bits per heavy atom. The molecule has 1 N–H and O–H groups in total. The van der Waals surface area contributed by atoms with Crippen molar-refractivity contribution in [2.45, 2.75) is 56.4 Å². The molecule has 0 fully saturated rings. The van der Waals surface area contributed by atoms with Crippen molar-refractivity contribution < 1.29 is 4.79 Å². The highest BCUT2D eigenvalue weighted by Gasteiger charge is 2.18. The maximum Gasteiger partial charge on any atom is 0.251 e. The Kier molecular flexibility index (Phi) is 5.28. The number of carbonyl (C=O) groups excluding carboxylic acids is 1. The van der Waals surface area contributed by atoms with E-state index < -0.39 is 0 Å². The summed E-state index contributed by atoms with van der Waals surface area (Å²) in [6.07, 6.45) is 1.78. The third-order valence-electron chi connectivity index (χ3n) is 4.47. The fourth-order valence-corrected chi connectivity index (χ4v) is 3.80. The van der Waals surface area contributed by atoms with E-state index in [9.17, 15) is 4.79 Å². The van der Waals surface area contributed by atoms with Gasteiger partial charge in [0.05, 0.1) is 5.69 Å². The van der Waals surface area contributed by atoms with E-state index >= 15 is 0 Å². The largest absolute Gasteiger partial charge is 0.350 e. The minimum atomic E-state index is -0.0343. The minimum absolute atomic E-state index is 0.0343. The van der Waals surface area contributed by atoms with E-state index in [1.54, 1.807) is 11.8 Å². The van der Waals surface area contributed by atoms with E-state index in [1.165, 1.54) is 16.0 Å². The molecule has 0 saturated heterocycles. The monoisotopic (exact) mass is 352 g/mol. The van der Waals surface area contributed by atoms with Crippen LogP contribution in [0.15, 0.2) is 51.2 Å². The number of hydrogen-bond acceptors (Lipinski definition) is 3. The smallest absolute Gasteiger partial charge is 0.251 e. The first-order chi connectivity index (χ1) is 12.0. The number of nitrogens with one attached hydrogen (secondary N) is 1. The van der Waals surface area contributed by atoms with Crippen LogP contribution in [0.3, 0.4) is 0 Å². The number of fused-ring (bicyclic) bond motifs is 2. The summed E-state index contributed by atoms with van der Waals surface area (Å²) < 4.78 is 0. The van der Waals surface area contributed by atoms with Gasteiger partial charge in [-0.3, -0.25) is 9.79 Å². The van der Waals surface area contributed by atoms with Gasteiger partial charge in [-0.1, -0.05) is 37.2 Å². The zero-order valence-corrected chi connectivity index (χ0v) is 16.0. The number of hydrogen-bond donors (Lipinski definition) is 1. The van der Waals surface area contributed by atoms with Crippen molar-refractivity contribution in [3.8, 4) is 0 Å². The highest BCUT2D eigenvalue weighted by Crippen LogP contribution is 2.41. The third kappa shape index (κ3) is 3.79. The van der Waals surface area contributed by atoms with Crippen LogP contribution in [0, 0.1) is 6.92 Å². The molecule has 0 radical (unpaired) electrons. The summed E-state index contributed by atoms with van der Waals surface area (Å²) in [5.41, 5.74) is 5.06. The Bertz CT molecular complexity index is 842. The molecule has 2 aromatic carbocycles. The number of rotatable bonds is 4. The lowest BCUT2D eigenvalue weighted by molar-refractivity contribution is 0.0939. The van der Waals surface area contributed by atoms with Gasteiger partial charge in [-0.2, -0.15) is 0 Å². The molecule has 130 valence electrons. The quantitative estimate of drug-likeness (QED) is 0.787. The van der Waals surface area contributed by atoms with E-state index in [1.807, 2.05) is 25.1 Å². The van der Waals surface area contributed by atoms with Gasteiger partial charge >= 0.3 is 0 Å². The summed E-state index contributed by atoms with van der Waals surface area (Å²) >= 11 is 1.72. The molecule has 2 aromatic rings. The fraction of sp³-hybridized carbons (Fsp3) is 0.333. The molecular weight excluding hydrogens is 328 g/mol. The average molecular weight is 353 g/mol. The van der Waals surface area contributed by atoms with Crippen molar-refractivity contribution in [2.24, 2.45) is 4.99 Å². The molecule has 25 heavy (non-hydrogen) atoms. The van der Waals surface area contributed by atoms with Gasteiger partial charge in [-0.25, -0.2) is 0 Å². The molecule has 1 aliphatic rings. The van der Waals surface area contributed by atoms with Gasteiger partial charge in [0.1, 0.15) is 0 Å². The second-order valence-corrected chi connectivity index (χ2v) is 7.56. The first-order valence-corrected chi connectivity index (χ1v) is 9.64. The topological polar surface area (TPSA) is 41.5 Å². The fourth-order valence-electron chi connectivity index (χ4n) is 2.79. The molecule has 0 aliphatic carbocycles. The van der Waals surface area contributed by atoms with Gasteiger partial charge < -0.3 is 5.32 Å². The number of aryl methyl sites for hydroxylation is 1. The summed E-state index contributed by atoms with van der Waals surface area (Å²) in [7, 11) is 0. The Morgan fingerprint density at radius 1 is 1.16 bits per heavy atom. The number of aliphatic imine (C=N–C) groups is 1. The molecule has 1 amide bonds. The van der Waals surface area contributed by atoms with Crippen LogP contribution in [0.4, 0.5) is 5.69 Å². The summed E-state index contributed by atoms with van der Waals surface area (Å²) in [4.78, 5) is 19.6. The minimum Gasteiger partial charge on any atom is -0.350 e. The second-order valence-electron chi connectivity index (χ2n) is 6.48. The van der Waals surface area contributed by atoms with Gasteiger partial charge in [-0.05, 0) is 57.0 Å². The van der Waals surface area contributed by atoms with Crippen molar-refractivity contribution in [1.82, 2.24) is 5.32 Å². The van der Waals surface area contributed by atoms with Crippen LogP contribution in [0.5, 0.6) is 0 Å². The van der Waals surface area contributed by atoms with Crippen LogP contribution in [0.25, 0.3) is 0 Å². The summed E-state index contributed by atoms with van der Waals surface area (Å²) in [5, 5.41) is 3.02. The molecule has 0 saturated carbocycles. The number of nitrogens with zero attached hydrogens (tertiary/aromatic N) is 1. The van der Waals surface area contributed by atoms with Crippen LogP contribution < -0.4 is 5.32 Å². The standard InChI is InChI=1S/C21H24N2OS/c1-5-14(4)22-21(24)15-8-10-20-18(12-15)23-17(6-2)16-11-13(3)7-9-19(16)25-20/h7-12,14H,5-6H2,1-4H3,(H,22,24)/t14-/m1/s1. The average Bonchev–Trinajstić information content (AvgIpc) is 2.76. The highest BCUT2D eigenvalue weighted by atomic mass is 32.2. The SMILES string of the molecule is CCC1=Nc2cc(C(=O)N[C@H](C)CC)ccc2Sc2ccc(C)cc21. The van der Waals surface area contributed by atoms with Crippen molar-refractivity contribution >= 4 is 29.1 Å². The number of carbonyl (C=O) groups is 1. The van der Waals surface area contributed by atoms with Crippen molar-refractivity contribution in [3.63, 3.8) is 0 Å². The van der Waals surface area contributed by atoms with Crippen LogP contribution in [-0.2, 0) is 0 Å². The zero-order chi connectivity index (χ0) is 18.0. The van der Waals surface area contributed by atoms with Gasteiger partial charge in [0, 0.05) is 32.7 Å². The molecule has 4 heteroatoms. The summed E-state index contributed by atoms with van der Waals surface area (Å²) in [6, 6.07) is 12.5. The lowest BCUT2D eigenvalue weighted by Crippen LogP contribution is -2.31. The lowest BCUT2D eigenvalue weighted by Gasteiger charge is -2.12. The molecule has 1 aliphatic heterocycles. The Balaban J connectivity index is 2.01. The maximum atomic E-state index is 12.4. The maximum absolute atomic E-state index is 12.4. The summed E-state index contributed by atoms with van der Waals surface area (Å²) in [6.45, 7) is 8.31. The van der Waals surface area contributed by atoms with Gasteiger partial charge in [0.15, 0.2) is 0 Å². The second kappa shape index (κ2) is 7.44. The molecule has 0 aromatic heterocycles. The predicted molar refractivity (Wildman–Crippen MR) is 105 cm³/mol. The van der Waals surface area contributed by atoms with E-state index in [-0.39, 0.29) is 11.9 Å². The van der Waals surface area contributed by atoms with Crippen LogP contribution in [-0.4, -0.2) is 17.7 Å². The molecule has 3 nitrogen and oxygen atoms in total. The van der Waals surface area contributed by atoms with Gasteiger partial charge in [0.2, 0.25) is 0 Å². The lowest BCUT2D eigenvalue weighted by atomic mass is 10.0. The van der Waals surface area contributed by atoms with Crippen molar-refractivity contribution in [3.05, 3.63) is 53.1 Å². The van der Waals surface area contributed by atoms with E-state index in [2.05, 4.69) is 44.3 Å². The molecule has 0 bridgehead atoms. The molecule has 1 atom stereocenters. The Labute approximate surface area is 153 Å². The first kappa shape index (κ1) is 17.7. The summed E-state index contributed by atoms with van der Waals surface area (Å²) in [5.74, 6) is -0.0343. The number of benzene rings is 2. The van der Waals surface area contributed by atoms with E-state index in [0.717, 1.165) is 29.1 Å². The molecule has 0 unspecified atom stereocenters. The molecular formula is C21H24N2OS. The number of amides is 1. The Hall–Kier alpha value is -2.07. The van der Waals surface area contributed by atoms with Gasteiger partial charge in [-0.15, -0.1) is 0 Å². The normalized spacial score (nSPS) is 14.0. The van der Waals surface area contributed by atoms with Crippen molar-refractivity contribution in [2.75, 3.05) is 0 Å². The molecule has 1 heterocycles. The molecule has 3 rings (SSSR count). The first-order valence-electron chi connectivity index (χ1n) is 8.83. The van der Waals surface area contributed by atoms with E-state index in [4.69, 9.17) is 4.99 Å². The van der Waals surface area contributed by atoms with Crippen LogP contribution >= 0.6 is 11.8 Å². The molecule has 0 spiro atoms. The highest BCUT2D eigenvalue weighted by molar-refractivity contribution is 7.99. The van der Waals surface area contributed by atoms with E-state index in [0.29, 0.717) is 5.56 Å². The van der Waals surface area contributed by atoms with Crippen LogP contribution in [0.2, 0.25) is 0 Å². The van der Waals surface area contributed by atoms with Crippen molar-refractivity contribution in [1.29, 1.82) is 0 Å². The zero-order valence-electron chi connectivity index (χ0n) is 15.2. The van der Waals surface area contributed by atoms with Gasteiger partial charge in [0.25, 0.3) is 5.91 Å². The predicted octanol–water partition coefficient (Wildman–Crippen LogP) is 5.52. The third-order valence-corrected chi connectivity index (χ3v) is 5.61. The Morgan fingerprint density at radius 3 is 2.64 bits per heavy atom. The van der Waals surface area contributed by atoms with Crippen LogP contribution in [0.1, 0.15) is 55.1 Å².